The fourth-order valence-electron chi connectivity index (χ4n) is 2.79. The minimum absolute atomic E-state index is 0.323. The molecule has 0 saturated carbocycles. The van der Waals surface area contributed by atoms with Crippen LogP contribution in [0.5, 0.6) is 5.06 Å². The Morgan fingerprint density at radius 3 is 2.23 bits per heavy atom. The summed E-state index contributed by atoms with van der Waals surface area (Å²) >= 11 is 1.14. The van der Waals surface area contributed by atoms with Crippen LogP contribution in [-0.4, -0.2) is 23.9 Å². The normalized spacial score (nSPS) is 19.0. The Bertz CT molecular complexity index is 892. The SMILES string of the molecule is CC(C)(C)Oc1sc2c(F)ccc(B3OC(C)(C)C(C)(C)O3)c2c1C#N. The van der Waals surface area contributed by atoms with E-state index in [4.69, 9.17) is 14.0 Å². The highest BCUT2D eigenvalue weighted by molar-refractivity contribution is 7.21. The fraction of sp³-hybridized carbons (Fsp3) is 0.526. The van der Waals surface area contributed by atoms with Gasteiger partial charge in [0.25, 0.3) is 0 Å². The van der Waals surface area contributed by atoms with Crippen LogP contribution in [0, 0.1) is 17.1 Å². The minimum atomic E-state index is -0.674. The molecule has 0 unspecified atom stereocenters. The van der Waals surface area contributed by atoms with Crippen molar-refractivity contribution in [2.24, 2.45) is 0 Å². The van der Waals surface area contributed by atoms with Crippen molar-refractivity contribution in [2.45, 2.75) is 65.3 Å². The molecule has 0 atom stereocenters. The van der Waals surface area contributed by atoms with Gasteiger partial charge in [0.15, 0.2) is 5.06 Å². The van der Waals surface area contributed by atoms with Gasteiger partial charge in [-0.3, -0.25) is 0 Å². The van der Waals surface area contributed by atoms with E-state index >= 15 is 0 Å². The maximum absolute atomic E-state index is 14.5. The van der Waals surface area contributed by atoms with Gasteiger partial charge in [-0.05, 0) is 60.0 Å². The molecule has 0 N–H and O–H groups in total. The predicted molar refractivity (Wildman–Crippen MR) is 103 cm³/mol. The predicted octanol–water partition coefficient (Wildman–Crippen LogP) is 4.39. The van der Waals surface area contributed by atoms with Gasteiger partial charge in [0, 0.05) is 5.39 Å². The number of thiophene rings is 1. The summed E-state index contributed by atoms with van der Waals surface area (Å²) in [6.45, 7) is 13.5. The second-order valence-electron chi connectivity index (χ2n) is 8.52. The van der Waals surface area contributed by atoms with Gasteiger partial charge < -0.3 is 14.0 Å². The van der Waals surface area contributed by atoms with E-state index in [2.05, 4.69) is 6.07 Å². The lowest BCUT2D eigenvalue weighted by Gasteiger charge is -2.32. The van der Waals surface area contributed by atoms with Crippen LogP contribution in [0.1, 0.15) is 54.0 Å². The van der Waals surface area contributed by atoms with E-state index in [1.54, 1.807) is 6.07 Å². The van der Waals surface area contributed by atoms with Crippen LogP contribution in [0.4, 0.5) is 4.39 Å². The number of hydrogen-bond donors (Lipinski definition) is 0. The average molecular weight is 375 g/mol. The van der Waals surface area contributed by atoms with Crippen molar-refractivity contribution in [3.63, 3.8) is 0 Å². The molecular formula is C19H23BFNO3S. The molecule has 4 nitrogen and oxygen atoms in total. The molecule has 1 saturated heterocycles. The van der Waals surface area contributed by atoms with Crippen LogP contribution in [-0.2, 0) is 9.31 Å². The van der Waals surface area contributed by atoms with Gasteiger partial charge in [-0.25, -0.2) is 4.39 Å². The number of benzene rings is 1. The summed E-state index contributed by atoms with van der Waals surface area (Å²) in [5.41, 5.74) is -0.563. The first-order valence-electron chi connectivity index (χ1n) is 8.56. The molecule has 7 heteroatoms. The lowest BCUT2D eigenvalue weighted by molar-refractivity contribution is 0.00578. The number of fused-ring (bicyclic) bond motifs is 1. The fourth-order valence-corrected chi connectivity index (χ4v) is 4.01. The van der Waals surface area contributed by atoms with Crippen molar-refractivity contribution in [2.75, 3.05) is 0 Å². The molecule has 1 fully saturated rings. The van der Waals surface area contributed by atoms with Gasteiger partial charge in [0.05, 0.1) is 15.9 Å². The average Bonchev–Trinajstić information content (AvgIpc) is 2.92. The summed E-state index contributed by atoms with van der Waals surface area (Å²) in [5, 5.41) is 10.7. The Balaban J connectivity index is 2.20. The molecule has 0 bridgehead atoms. The van der Waals surface area contributed by atoms with E-state index in [1.165, 1.54) is 6.07 Å². The lowest BCUT2D eigenvalue weighted by atomic mass is 9.76. The monoisotopic (exact) mass is 375 g/mol. The van der Waals surface area contributed by atoms with Crippen molar-refractivity contribution < 1.29 is 18.4 Å². The van der Waals surface area contributed by atoms with Crippen molar-refractivity contribution >= 4 is 34.0 Å². The van der Waals surface area contributed by atoms with Gasteiger partial charge in [-0.2, -0.15) is 5.26 Å². The van der Waals surface area contributed by atoms with Crippen LogP contribution < -0.4 is 10.2 Å². The molecule has 0 amide bonds. The molecule has 1 aromatic carbocycles. The summed E-state index contributed by atoms with van der Waals surface area (Å²) in [4.78, 5) is 0. The Morgan fingerprint density at radius 1 is 1.15 bits per heavy atom. The van der Waals surface area contributed by atoms with E-state index in [1.807, 2.05) is 48.5 Å². The summed E-state index contributed by atoms with van der Waals surface area (Å²) < 4.78 is 33.0. The summed E-state index contributed by atoms with van der Waals surface area (Å²) in [5.74, 6) is -0.384. The molecule has 0 radical (unpaired) electrons. The zero-order valence-corrected chi connectivity index (χ0v) is 17.0. The number of halogens is 1. The second kappa shape index (κ2) is 5.95. The number of nitriles is 1. The van der Waals surface area contributed by atoms with Crippen LogP contribution >= 0.6 is 11.3 Å². The van der Waals surface area contributed by atoms with Crippen molar-refractivity contribution in [3.05, 3.63) is 23.5 Å². The van der Waals surface area contributed by atoms with Crippen LogP contribution in [0.15, 0.2) is 12.1 Å². The first-order chi connectivity index (χ1) is 11.9. The molecule has 26 heavy (non-hydrogen) atoms. The summed E-state index contributed by atoms with van der Waals surface area (Å²) in [7, 11) is -0.674. The van der Waals surface area contributed by atoms with E-state index in [-0.39, 0.29) is 5.82 Å². The second-order valence-corrected chi connectivity index (χ2v) is 9.50. The number of nitrogens with zero attached hydrogens (tertiary/aromatic N) is 1. The van der Waals surface area contributed by atoms with Crippen molar-refractivity contribution in [1.82, 2.24) is 0 Å². The number of ether oxygens (including phenoxy) is 1. The largest absolute Gasteiger partial charge is 0.495 e. The Morgan fingerprint density at radius 2 is 1.73 bits per heavy atom. The third-order valence-electron chi connectivity index (χ3n) is 4.81. The number of rotatable bonds is 2. The molecule has 3 rings (SSSR count). The molecular weight excluding hydrogens is 352 g/mol. The number of hydrogen-bond acceptors (Lipinski definition) is 5. The molecule has 1 aromatic heterocycles. The van der Waals surface area contributed by atoms with E-state index in [0.29, 0.717) is 26.2 Å². The highest BCUT2D eigenvalue weighted by atomic mass is 32.1. The molecule has 0 spiro atoms. The van der Waals surface area contributed by atoms with Gasteiger partial charge >= 0.3 is 7.12 Å². The van der Waals surface area contributed by atoms with E-state index in [9.17, 15) is 9.65 Å². The van der Waals surface area contributed by atoms with Gasteiger partial charge in [0.1, 0.15) is 23.1 Å². The van der Waals surface area contributed by atoms with Crippen molar-refractivity contribution in [1.29, 1.82) is 5.26 Å². The topological polar surface area (TPSA) is 51.5 Å². The Hall–Kier alpha value is -1.62. The zero-order chi connectivity index (χ0) is 19.5. The highest BCUT2D eigenvalue weighted by Crippen LogP contribution is 2.42. The third kappa shape index (κ3) is 3.11. The molecule has 0 aliphatic carbocycles. The summed E-state index contributed by atoms with van der Waals surface area (Å²) in [6, 6.07) is 5.20. The smallest absolute Gasteiger partial charge is 0.477 e. The van der Waals surface area contributed by atoms with Crippen LogP contribution in [0.2, 0.25) is 0 Å². The van der Waals surface area contributed by atoms with Crippen molar-refractivity contribution in [3.8, 4) is 11.1 Å². The molecule has 1 aliphatic heterocycles. The van der Waals surface area contributed by atoms with Gasteiger partial charge in [-0.15, -0.1) is 0 Å². The molecule has 138 valence electrons. The molecule has 2 aromatic rings. The standard InChI is InChI=1S/C19H23BFNO3S/c1-17(2,3)23-16-11(10-22)14-12(8-9-13(21)15(14)26-16)20-24-18(4,5)19(6,7)25-20/h8-9H,1-7H3. The lowest BCUT2D eigenvalue weighted by Crippen LogP contribution is -2.41. The van der Waals surface area contributed by atoms with Gasteiger partial charge in [0.2, 0.25) is 0 Å². The Labute approximate surface area is 158 Å². The zero-order valence-electron chi connectivity index (χ0n) is 16.2. The molecule has 1 aliphatic rings. The van der Waals surface area contributed by atoms with Crippen LogP contribution in [0.25, 0.3) is 10.1 Å². The van der Waals surface area contributed by atoms with Crippen LogP contribution in [0.3, 0.4) is 0 Å². The quantitative estimate of drug-likeness (QED) is 0.731. The third-order valence-corrected chi connectivity index (χ3v) is 5.88. The highest BCUT2D eigenvalue weighted by Gasteiger charge is 2.52. The maximum atomic E-state index is 14.5. The first kappa shape index (κ1) is 19.2. The maximum Gasteiger partial charge on any atom is 0.495 e. The summed E-state index contributed by atoms with van der Waals surface area (Å²) in [6.07, 6.45) is 0. The first-order valence-corrected chi connectivity index (χ1v) is 9.37. The van der Waals surface area contributed by atoms with Gasteiger partial charge in [-0.1, -0.05) is 17.4 Å². The Kier molecular flexibility index (Phi) is 4.38. The minimum Gasteiger partial charge on any atom is -0.477 e. The van der Waals surface area contributed by atoms with E-state index < -0.39 is 23.9 Å². The molecule has 2 heterocycles. The van der Waals surface area contributed by atoms with E-state index in [0.717, 1.165) is 11.3 Å².